The highest BCUT2D eigenvalue weighted by Crippen LogP contribution is 2.33. The molecule has 22 heavy (non-hydrogen) atoms. The van der Waals surface area contributed by atoms with Gasteiger partial charge in [-0.15, -0.1) is 0 Å². The molecule has 0 radical (unpaired) electrons. The number of rotatable bonds is 9. The Morgan fingerprint density at radius 1 is 1.36 bits per heavy atom. The first kappa shape index (κ1) is 18.9. The number of hydrogen-bond acceptors (Lipinski definition) is 3. The van der Waals surface area contributed by atoms with Gasteiger partial charge in [0.05, 0.1) is 0 Å². The fraction of sp³-hybridized carbons (Fsp3) is 0.882. The van der Waals surface area contributed by atoms with E-state index in [1.54, 1.807) is 4.90 Å². The van der Waals surface area contributed by atoms with Crippen LogP contribution in [-0.2, 0) is 14.3 Å². The van der Waals surface area contributed by atoms with Gasteiger partial charge in [0.1, 0.15) is 6.04 Å². The number of nitrogens with zero attached hydrogens (tertiary/aromatic N) is 1. The molecule has 1 aliphatic heterocycles. The van der Waals surface area contributed by atoms with E-state index in [4.69, 9.17) is 4.74 Å². The molecule has 1 rings (SSSR count). The quantitative estimate of drug-likeness (QED) is 0.664. The van der Waals surface area contributed by atoms with Crippen molar-refractivity contribution in [2.75, 3.05) is 13.2 Å². The number of carbonyl (C=O) groups is 2. The number of aliphatic carboxylic acids is 1. The summed E-state index contributed by atoms with van der Waals surface area (Å²) in [5.41, 5.74) is -0.471. The minimum Gasteiger partial charge on any atom is -0.480 e. The predicted molar refractivity (Wildman–Crippen MR) is 85.7 cm³/mol. The maximum atomic E-state index is 12.2. The minimum absolute atomic E-state index is 0.0285. The molecule has 0 spiro atoms. The average molecular weight is 313 g/mol. The molecule has 128 valence electrons. The number of likely N-dealkylation sites (tertiary alicyclic amines) is 1. The van der Waals surface area contributed by atoms with E-state index in [-0.39, 0.29) is 11.9 Å². The van der Waals surface area contributed by atoms with Gasteiger partial charge in [-0.05, 0) is 31.1 Å². The highest BCUT2D eigenvalue weighted by molar-refractivity contribution is 5.86. The Hall–Kier alpha value is -1.10. The Kier molecular flexibility index (Phi) is 7.33. The van der Waals surface area contributed by atoms with Crippen LogP contribution in [0.15, 0.2) is 0 Å². The topological polar surface area (TPSA) is 66.8 Å². The molecule has 5 nitrogen and oxygen atoms in total. The lowest BCUT2D eigenvalue weighted by molar-refractivity contribution is -0.155. The van der Waals surface area contributed by atoms with Crippen LogP contribution in [0, 0.1) is 5.41 Å². The first-order chi connectivity index (χ1) is 10.3. The summed E-state index contributed by atoms with van der Waals surface area (Å²) in [7, 11) is 0. The Balaban J connectivity index is 2.59. The fourth-order valence-electron chi connectivity index (χ4n) is 3.08. The maximum Gasteiger partial charge on any atom is 0.326 e. The van der Waals surface area contributed by atoms with Gasteiger partial charge in [0.15, 0.2) is 0 Å². The van der Waals surface area contributed by atoms with E-state index in [0.717, 1.165) is 38.7 Å². The van der Waals surface area contributed by atoms with Gasteiger partial charge in [-0.2, -0.15) is 0 Å². The molecule has 0 aliphatic carbocycles. The van der Waals surface area contributed by atoms with Crippen LogP contribution >= 0.6 is 0 Å². The average Bonchev–Trinajstić information content (AvgIpc) is 2.74. The Bertz CT molecular complexity index is 375. The summed E-state index contributed by atoms with van der Waals surface area (Å²) in [5.74, 6) is -0.939. The second kappa shape index (κ2) is 8.51. The lowest BCUT2D eigenvalue weighted by Gasteiger charge is -2.38. The zero-order valence-electron chi connectivity index (χ0n) is 14.4. The van der Waals surface area contributed by atoms with Crippen LogP contribution in [0.3, 0.4) is 0 Å². The first-order valence-corrected chi connectivity index (χ1v) is 8.40. The summed E-state index contributed by atoms with van der Waals surface area (Å²) < 4.78 is 5.55. The molecular weight excluding hydrogens is 282 g/mol. The van der Waals surface area contributed by atoms with Crippen molar-refractivity contribution in [3.63, 3.8) is 0 Å². The Labute approximate surface area is 134 Å². The molecule has 1 heterocycles. The highest BCUT2D eigenvalue weighted by Gasteiger charge is 2.44. The van der Waals surface area contributed by atoms with Gasteiger partial charge in [0.2, 0.25) is 5.91 Å². The standard InChI is InChI=1S/C17H31NO4/c1-5-6-11-22-12-7-8-13-9-10-14(19)18(13)15(16(20)21)17(2,3)4/h13,15H,5-12H2,1-4H3,(H,20,21)/t13?,15-/m1/s1. The van der Waals surface area contributed by atoms with Gasteiger partial charge in [0, 0.05) is 25.7 Å². The highest BCUT2D eigenvalue weighted by atomic mass is 16.5. The number of ether oxygens (including phenoxy) is 1. The van der Waals surface area contributed by atoms with E-state index in [0.29, 0.717) is 13.0 Å². The number of carboxylic acid groups (broad SMARTS) is 1. The second-order valence-electron chi connectivity index (χ2n) is 7.21. The molecule has 0 aromatic heterocycles. The zero-order chi connectivity index (χ0) is 16.8. The van der Waals surface area contributed by atoms with Crippen LogP contribution in [0.4, 0.5) is 0 Å². The van der Waals surface area contributed by atoms with E-state index in [1.165, 1.54) is 0 Å². The van der Waals surface area contributed by atoms with Crippen LogP contribution in [0.25, 0.3) is 0 Å². The number of amides is 1. The van der Waals surface area contributed by atoms with E-state index in [2.05, 4.69) is 6.92 Å². The maximum absolute atomic E-state index is 12.2. The van der Waals surface area contributed by atoms with Gasteiger partial charge >= 0.3 is 5.97 Å². The van der Waals surface area contributed by atoms with Crippen LogP contribution < -0.4 is 0 Å². The molecule has 5 heteroatoms. The smallest absolute Gasteiger partial charge is 0.326 e. The van der Waals surface area contributed by atoms with Crippen molar-refractivity contribution in [1.29, 1.82) is 0 Å². The third-order valence-corrected chi connectivity index (χ3v) is 4.17. The molecule has 1 N–H and O–H groups in total. The van der Waals surface area contributed by atoms with Crippen LogP contribution in [0.5, 0.6) is 0 Å². The van der Waals surface area contributed by atoms with Crippen molar-refractivity contribution in [2.24, 2.45) is 5.41 Å². The lowest BCUT2D eigenvalue weighted by atomic mass is 9.85. The molecule has 1 aliphatic rings. The van der Waals surface area contributed by atoms with Gasteiger partial charge in [-0.1, -0.05) is 34.1 Å². The van der Waals surface area contributed by atoms with Gasteiger partial charge < -0.3 is 14.7 Å². The van der Waals surface area contributed by atoms with E-state index < -0.39 is 17.4 Å². The van der Waals surface area contributed by atoms with E-state index >= 15 is 0 Å². The number of carboxylic acids is 1. The summed E-state index contributed by atoms with van der Waals surface area (Å²) in [4.78, 5) is 25.5. The molecule has 0 saturated carbocycles. The van der Waals surface area contributed by atoms with Crippen LogP contribution in [0.1, 0.15) is 66.2 Å². The minimum atomic E-state index is -0.910. The summed E-state index contributed by atoms with van der Waals surface area (Å²) in [6.07, 6.45) is 5.09. The molecular formula is C17H31NO4. The lowest BCUT2D eigenvalue weighted by Crippen LogP contribution is -2.53. The van der Waals surface area contributed by atoms with Crippen molar-refractivity contribution >= 4 is 11.9 Å². The predicted octanol–water partition coefficient (Wildman–Crippen LogP) is 3.07. The third-order valence-electron chi connectivity index (χ3n) is 4.17. The summed E-state index contributed by atoms with van der Waals surface area (Å²) in [6, 6.07) is -0.726. The van der Waals surface area contributed by atoms with Crippen molar-refractivity contribution in [3.05, 3.63) is 0 Å². The van der Waals surface area contributed by atoms with Gasteiger partial charge in [0.25, 0.3) is 0 Å². The van der Waals surface area contributed by atoms with E-state index in [1.807, 2.05) is 20.8 Å². The molecule has 1 saturated heterocycles. The monoisotopic (exact) mass is 313 g/mol. The van der Waals surface area contributed by atoms with Crippen molar-refractivity contribution < 1.29 is 19.4 Å². The molecule has 1 unspecified atom stereocenters. The molecule has 0 aromatic carbocycles. The normalized spacial score (nSPS) is 20.5. The van der Waals surface area contributed by atoms with E-state index in [9.17, 15) is 14.7 Å². The Morgan fingerprint density at radius 2 is 2.00 bits per heavy atom. The first-order valence-electron chi connectivity index (χ1n) is 8.40. The summed E-state index contributed by atoms with van der Waals surface area (Å²) in [6.45, 7) is 9.23. The fourth-order valence-corrected chi connectivity index (χ4v) is 3.08. The third kappa shape index (κ3) is 5.27. The number of hydrogen-bond donors (Lipinski definition) is 1. The largest absolute Gasteiger partial charge is 0.480 e. The van der Waals surface area contributed by atoms with Crippen molar-refractivity contribution in [1.82, 2.24) is 4.90 Å². The molecule has 0 aromatic rings. The van der Waals surface area contributed by atoms with Crippen LogP contribution in [0.2, 0.25) is 0 Å². The SMILES string of the molecule is CCCCOCCCC1CCC(=O)N1[C@H](C(=O)O)C(C)(C)C. The van der Waals surface area contributed by atoms with Gasteiger partial charge in [-0.3, -0.25) is 4.79 Å². The number of unbranched alkanes of at least 4 members (excludes halogenated alkanes) is 1. The van der Waals surface area contributed by atoms with Crippen LogP contribution in [-0.4, -0.2) is 47.2 Å². The zero-order valence-corrected chi connectivity index (χ0v) is 14.4. The Morgan fingerprint density at radius 3 is 2.55 bits per heavy atom. The van der Waals surface area contributed by atoms with Crippen molar-refractivity contribution in [2.45, 2.75) is 78.3 Å². The second-order valence-corrected chi connectivity index (χ2v) is 7.21. The van der Waals surface area contributed by atoms with Gasteiger partial charge in [-0.25, -0.2) is 4.79 Å². The molecule has 0 bridgehead atoms. The molecule has 1 amide bonds. The summed E-state index contributed by atoms with van der Waals surface area (Å²) in [5, 5.41) is 9.55. The van der Waals surface area contributed by atoms with Crippen molar-refractivity contribution in [3.8, 4) is 0 Å². The molecule has 2 atom stereocenters. The number of carbonyl (C=O) groups excluding carboxylic acids is 1. The molecule has 1 fully saturated rings. The summed E-state index contributed by atoms with van der Waals surface area (Å²) >= 11 is 0.